The molecule has 0 aliphatic carbocycles. The molecule has 0 spiro atoms. The summed E-state index contributed by atoms with van der Waals surface area (Å²) in [6.45, 7) is 2.75. The Hall–Kier alpha value is -2.59. The number of esters is 1. The second-order valence-corrected chi connectivity index (χ2v) is 5.39. The van der Waals surface area contributed by atoms with Gasteiger partial charge in [-0.15, -0.1) is 0 Å². The van der Waals surface area contributed by atoms with E-state index in [2.05, 4.69) is 12.2 Å². The largest absolute Gasteiger partial charge is 0.464 e. The molecule has 0 aliphatic rings. The molecule has 0 atom stereocenters. The molecule has 0 saturated heterocycles. The molecule has 2 aromatic rings. The number of ether oxygens (including phenoxy) is 3. The normalized spacial score (nSPS) is 10.8. The van der Waals surface area contributed by atoms with Crippen molar-refractivity contribution in [2.45, 2.75) is 19.8 Å². The van der Waals surface area contributed by atoms with Crippen molar-refractivity contribution in [3.63, 3.8) is 0 Å². The summed E-state index contributed by atoms with van der Waals surface area (Å²) in [5, 5.41) is 0. The van der Waals surface area contributed by atoms with Crippen LogP contribution in [-0.2, 0) is 14.3 Å². The Morgan fingerprint density at radius 2 is 1.72 bits per heavy atom. The first-order valence-electron chi connectivity index (χ1n) is 8.51. The summed E-state index contributed by atoms with van der Waals surface area (Å²) in [6, 6.07) is 17.7. The monoisotopic (exact) mass is 340 g/mol. The molecular weight excluding hydrogens is 316 g/mol. The van der Waals surface area contributed by atoms with Crippen molar-refractivity contribution in [3.8, 4) is 11.5 Å². The van der Waals surface area contributed by atoms with Crippen molar-refractivity contribution in [3.05, 3.63) is 66.2 Å². The number of benzene rings is 2. The third-order valence-electron chi connectivity index (χ3n) is 3.35. The summed E-state index contributed by atoms with van der Waals surface area (Å²) < 4.78 is 15.8. The minimum absolute atomic E-state index is 0.0282. The molecule has 2 rings (SSSR count). The Bertz CT molecular complexity index is 647. The minimum Gasteiger partial charge on any atom is -0.464 e. The van der Waals surface area contributed by atoms with Gasteiger partial charge >= 0.3 is 5.97 Å². The highest BCUT2D eigenvalue weighted by Gasteiger charge is 2.00. The van der Waals surface area contributed by atoms with Crippen LogP contribution in [0.2, 0.25) is 0 Å². The van der Waals surface area contributed by atoms with Gasteiger partial charge in [0.1, 0.15) is 18.1 Å². The fraction of sp³-hybridized carbons (Fsp3) is 0.286. The molecule has 0 aromatic heterocycles. The Kier molecular flexibility index (Phi) is 8.29. The maximum Gasteiger partial charge on any atom is 0.332 e. The van der Waals surface area contributed by atoms with Crippen molar-refractivity contribution in [2.24, 2.45) is 0 Å². The van der Waals surface area contributed by atoms with E-state index in [9.17, 15) is 4.79 Å². The van der Waals surface area contributed by atoms with Crippen molar-refractivity contribution < 1.29 is 19.0 Å². The molecule has 132 valence electrons. The Balaban J connectivity index is 1.65. The molecule has 0 bridgehead atoms. The van der Waals surface area contributed by atoms with Crippen LogP contribution >= 0.6 is 0 Å². The van der Waals surface area contributed by atoms with Crippen LogP contribution in [-0.4, -0.2) is 25.8 Å². The van der Waals surface area contributed by atoms with E-state index in [1.807, 2.05) is 54.6 Å². The van der Waals surface area contributed by atoms with E-state index in [1.165, 1.54) is 0 Å². The number of carbonyl (C=O) groups excluding carboxylic acids is 1. The van der Waals surface area contributed by atoms with Crippen LogP contribution in [0.3, 0.4) is 0 Å². The first-order valence-corrected chi connectivity index (χ1v) is 8.51. The first kappa shape index (κ1) is 18.7. The van der Waals surface area contributed by atoms with Crippen LogP contribution in [0, 0.1) is 0 Å². The number of carbonyl (C=O) groups is 1. The lowest BCUT2D eigenvalue weighted by Gasteiger charge is -2.05. The second-order valence-electron chi connectivity index (χ2n) is 5.39. The first-order chi connectivity index (χ1) is 12.3. The van der Waals surface area contributed by atoms with Gasteiger partial charge in [-0.25, -0.2) is 4.79 Å². The molecule has 4 heteroatoms. The maximum absolute atomic E-state index is 11.1. The second kappa shape index (κ2) is 11.0. The van der Waals surface area contributed by atoms with Gasteiger partial charge in [-0.2, -0.15) is 0 Å². The quantitative estimate of drug-likeness (QED) is 0.458. The maximum atomic E-state index is 11.1. The van der Waals surface area contributed by atoms with Crippen LogP contribution in [0.25, 0.3) is 6.08 Å². The highest BCUT2D eigenvalue weighted by Crippen LogP contribution is 2.21. The predicted octanol–water partition coefficient (Wildman–Crippen LogP) is 4.85. The van der Waals surface area contributed by atoms with Gasteiger partial charge in [-0.1, -0.05) is 42.5 Å². The number of hydrogen-bond donors (Lipinski definition) is 0. The number of unbranched alkanes of at least 4 members (excludes halogenated alkanes) is 1. The summed E-state index contributed by atoms with van der Waals surface area (Å²) >= 11 is 0. The standard InChI is InChI=1S/C21H24O4/c1-2-24-21(22)17-23-16-8-4-5-9-18-12-14-20(15-13-18)25-19-10-6-3-7-11-19/h3,5-7,9-15H,2,4,8,16-17H2,1H3/b9-5+. The summed E-state index contributed by atoms with van der Waals surface area (Å²) in [4.78, 5) is 11.1. The average molecular weight is 340 g/mol. The molecule has 0 heterocycles. The summed E-state index contributed by atoms with van der Waals surface area (Å²) in [7, 11) is 0. The number of allylic oxidation sites excluding steroid dienone is 1. The van der Waals surface area contributed by atoms with Crippen LogP contribution in [0.4, 0.5) is 0 Å². The molecular formula is C21H24O4. The molecule has 25 heavy (non-hydrogen) atoms. The molecule has 0 fully saturated rings. The summed E-state index contributed by atoms with van der Waals surface area (Å²) in [5.74, 6) is 1.33. The zero-order valence-corrected chi connectivity index (χ0v) is 14.5. The average Bonchev–Trinajstić information content (AvgIpc) is 2.63. The predicted molar refractivity (Wildman–Crippen MR) is 98.7 cm³/mol. The molecule has 0 N–H and O–H groups in total. The van der Waals surface area contributed by atoms with E-state index in [1.54, 1.807) is 6.92 Å². The number of para-hydroxylation sites is 1. The Morgan fingerprint density at radius 3 is 2.44 bits per heavy atom. The molecule has 0 amide bonds. The fourth-order valence-electron chi connectivity index (χ4n) is 2.15. The van der Waals surface area contributed by atoms with Gasteiger partial charge in [0.15, 0.2) is 0 Å². The van der Waals surface area contributed by atoms with Crippen molar-refractivity contribution >= 4 is 12.0 Å². The van der Waals surface area contributed by atoms with Gasteiger partial charge in [0.2, 0.25) is 0 Å². The van der Waals surface area contributed by atoms with Gasteiger partial charge < -0.3 is 14.2 Å². The van der Waals surface area contributed by atoms with Gasteiger partial charge in [-0.3, -0.25) is 0 Å². The van der Waals surface area contributed by atoms with Crippen LogP contribution < -0.4 is 4.74 Å². The van der Waals surface area contributed by atoms with E-state index in [4.69, 9.17) is 14.2 Å². The highest BCUT2D eigenvalue weighted by atomic mass is 16.6. The molecule has 0 unspecified atom stereocenters. The molecule has 0 radical (unpaired) electrons. The van der Waals surface area contributed by atoms with Crippen LogP contribution in [0.15, 0.2) is 60.7 Å². The topological polar surface area (TPSA) is 44.8 Å². The van der Waals surface area contributed by atoms with E-state index in [-0.39, 0.29) is 12.6 Å². The fourth-order valence-corrected chi connectivity index (χ4v) is 2.15. The number of rotatable bonds is 10. The van der Waals surface area contributed by atoms with E-state index in [0.717, 1.165) is 29.9 Å². The van der Waals surface area contributed by atoms with Crippen molar-refractivity contribution in [2.75, 3.05) is 19.8 Å². The van der Waals surface area contributed by atoms with Crippen molar-refractivity contribution in [1.82, 2.24) is 0 Å². The van der Waals surface area contributed by atoms with E-state index >= 15 is 0 Å². The van der Waals surface area contributed by atoms with Gasteiger partial charge in [0.05, 0.1) is 6.61 Å². The smallest absolute Gasteiger partial charge is 0.332 e. The third-order valence-corrected chi connectivity index (χ3v) is 3.35. The van der Waals surface area contributed by atoms with Gasteiger partial charge in [-0.05, 0) is 49.6 Å². The highest BCUT2D eigenvalue weighted by molar-refractivity contribution is 5.70. The minimum atomic E-state index is -0.309. The van der Waals surface area contributed by atoms with Gasteiger partial charge in [0.25, 0.3) is 0 Å². The van der Waals surface area contributed by atoms with Gasteiger partial charge in [0, 0.05) is 6.61 Å². The lowest BCUT2D eigenvalue weighted by molar-refractivity contribution is -0.148. The molecule has 2 aromatic carbocycles. The van der Waals surface area contributed by atoms with Crippen LogP contribution in [0.1, 0.15) is 25.3 Å². The summed E-state index contributed by atoms with van der Waals surface area (Å²) in [6.07, 6.45) is 5.93. The Morgan fingerprint density at radius 1 is 1.00 bits per heavy atom. The molecule has 4 nitrogen and oxygen atoms in total. The van der Waals surface area contributed by atoms with E-state index in [0.29, 0.717) is 13.2 Å². The van der Waals surface area contributed by atoms with Crippen LogP contribution in [0.5, 0.6) is 11.5 Å². The molecule has 0 aliphatic heterocycles. The molecule has 0 saturated carbocycles. The van der Waals surface area contributed by atoms with Crippen molar-refractivity contribution in [1.29, 1.82) is 0 Å². The van der Waals surface area contributed by atoms with E-state index < -0.39 is 0 Å². The SMILES string of the molecule is CCOC(=O)COCCC/C=C/c1ccc(Oc2ccccc2)cc1. The Labute approximate surface area is 149 Å². The zero-order chi connectivity index (χ0) is 17.7. The lowest BCUT2D eigenvalue weighted by Crippen LogP contribution is -2.12. The summed E-state index contributed by atoms with van der Waals surface area (Å²) in [5.41, 5.74) is 1.12. The third kappa shape index (κ3) is 7.68. The lowest BCUT2D eigenvalue weighted by atomic mass is 10.2. The zero-order valence-electron chi connectivity index (χ0n) is 14.5. The number of hydrogen-bond acceptors (Lipinski definition) is 4.